The molecule has 7 nitrogen and oxygen atoms in total. The maximum Gasteiger partial charge on any atom is 0.242 e. The van der Waals surface area contributed by atoms with Crippen LogP contribution in [0.4, 0.5) is 0 Å². The zero-order valence-electron chi connectivity index (χ0n) is 16.9. The molecule has 0 spiro atoms. The van der Waals surface area contributed by atoms with Crippen LogP contribution in [0.3, 0.4) is 0 Å². The SMILES string of the molecule is CCNC(=NCC(=O)NC1CCCCC1)NC1CCN(C(=O)C(C)C)C1.I. The maximum absolute atomic E-state index is 12.1. The first-order valence-electron chi connectivity index (χ1n) is 10.1. The Bertz CT molecular complexity index is 506. The van der Waals surface area contributed by atoms with Gasteiger partial charge in [-0.25, -0.2) is 4.99 Å². The van der Waals surface area contributed by atoms with E-state index in [9.17, 15) is 9.59 Å². The predicted octanol–water partition coefficient (Wildman–Crippen LogP) is 1.87. The van der Waals surface area contributed by atoms with Crippen LogP contribution in [0.25, 0.3) is 0 Å². The minimum atomic E-state index is -0.0165. The van der Waals surface area contributed by atoms with E-state index in [4.69, 9.17) is 0 Å². The van der Waals surface area contributed by atoms with Gasteiger partial charge in [0.05, 0.1) is 0 Å². The second-order valence-electron chi connectivity index (χ2n) is 7.67. The van der Waals surface area contributed by atoms with Crippen molar-refractivity contribution < 1.29 is 9.59 Å². The van der Waals surface area contributed by atoms with Crippen LogP contribution in [0.1, 0.15) is 59.3 Å². The van der Waals surface area contributed by atoms with Gasteiger partial charge in [0.2, 0.25) is 11.8 Å². The Morgan fingerprint density at radius 3 is 2.41 bits per heavy atom. The third-order valence-electron chi connectivity index (χ3n) is 5.03. The van der Waals surface area contributed by atoms with E-state index in [1.54, 1.807) is 0 Å². The van der Waals surface area contributed by atoms with Gasteiger partial charge in [-0.1, -0.05) is 33.1 Å². The highest BCUT2D eigenvalue weighted by Gasteiger charge is 2.28. The van der Waals surface area contributed by atoms with Crippen LogP contribution < -0.4 is 16.0 Å². The standard InChI is InChI=1S/C19H35N5O2.HI/c1-4-20-19(21-12-17(25)22-15-8-6-5-7-9-15)23-16-10-11-24(13-16)18(26)14(2)3;/h14-16H,4-13H2,1-3H3,(H,22,25)(H2,20,21,23);1H. The second kappa shape index (κ2) is 12.4. The number of aliphatic imine (C=N–C) groups is 1. The molecule has 1 atom stereocenters. The van der Waals surface area contributed by atoms with Gasteiger partial charge in [0.15, 0.2) is 5.96 Å². The Kier molecular flexibility index (Phi) is 11.0. The molecule has 1 unspecified atom stereocenters. The van der Waals surface area contributed by atoms with Crippen molar-refractivity contribution in [1.29, 1.82) is 0 Å². The number of rotatable bonds is 6. The van der Waals surface area contributed by atoms with Crippen LogP contribution in [0.15, 0.2) is 4.99 Å². The Balaban J connectivity index is 0.00000364. The molecule has 2 aliphatic rings. The fourth-order valence-electron chi connectivity index (χ4n) is 3.63. The summed E-state index contributed by atoms with van der Waals surface area (Å²) in [7, 11) is 0. The van der Waals surface area contributed by atoms with Gasteiger partial charge in [-0.15, -0.1) is 24.0 Å². The van der Waals surface area contributed by atoms with Crippen LogP contribution in [-0.2, 0) is 9.59 Å². The van der Waals surface area contributed by atoms with E-state index in [2.05, 4.69) is 20.9 Å². The number of amides is 2. The van der Waals surface area contributed by atoms with Gasteiger partial charge in [-0.2, -0.15) is 0 Å². The van der Waals surface area contributed by atoms with E-state index in [-0.39, 0.29) is 54.3 Å². The van der Waals surface area contributed by atoms with Crippen molar-refractivity contribution in [3.63, 3.8) is 0 Å². The van der Waals surface area contributed by atoms with Crippen molar-refractivity contribution in [3.05, 3.63) is 0 Å². The number of nitrogens with zero attached hydrogens (tertiary/aromatic N) is 2. The lowest BCUT2D eigenvalue weighted by atomic mass is 9.95. The summed E-state index contributed by atoms with van der Waals surface area (Å²) < 4.78 is 0. The molecule has 0 aromatic heterocycles. The van der Waals surface area contributed by atoms with Gasteiger partial charge in [0, 0.05) is 37.6 Å². The molecule has 27 heavy (non-hydrogen) atoms. The maximum atomic E-state index is 12.1. The number of hydrogen-bond acceptors (Lipinski definition) is 3. The third kappa shape index (κ3) is 8.23. The highest BCUT2D eigenvalue weighted by atomic mass is 127. The molecule has 1 saturated heterocycles. The molecule has 0 aromatic carbocycles. The summed E-state index contributed by atoms with van der Waals surface area (Å²) in [6, 6.07) is 0.490. The topological polar surface area (TPSA) is 85.8 Å². The third-order valence-corrected chi connectivity index (χ3v) is 5.03. The summed E-state index contributed by atoms with van der Waals surface area (Å²) >= 11 is 0. The molecule has 8 heteroatoms. The summed E-state index contributed by atoms with van der Waals surface area (Å²) in [5.74, 6) is 0.856. The first-order chi connectivity index (χ1) is 12.5. The van der Waals surface area contributed by atoms with Crippen molar-refractivity contribution in [2.45, 2.75) is 71.4 Å². The van der Waals surface area contributed by atoms with Gasteiger partial charge >= 0.3 is 0 Å². The highest BCUT2D eigenvalue weighted by molar-refractivity contribution is 14.0. The van der Waals surface area contributed by atoms with Crippen LogP contribution in [0.5, 0.6) is 0 Å². The Labute approximate surface area is 180 Å². The average Bonchev–Trinajstić information content (AvgIpc) is 3.08. The van der Waals surface area contributed by atoms with Gasteiger partial charge in [0.25, 0.3) is 0 Å². The van der Waals surface area contributed by atoms with E-state index in [0.29, 0.717) is 18.5 Å². The highest BCUT2D eigenvalue weighted by Crippen LogP contribution is 2.17. The molecule has 2 rings (SSSR count). The normalized spacial score (nSPS) is 21.0. The summed E-state index contributed by atoms with van der Waals surface area (Å²) in [5, 5.41) is 9.65. The van der Waals surface area contributed by atoms with Crippen molar-refractivity contribution in [3.8, 4) is 0 Å². The van der Waals surface area contributed by atoms with Gasteiger partial charge in [0.1, 0.15) is 6.54 Å². The largest absolute Gasteiger partial charge is 0.357 e. The van der Waals surface area contributed by atoms with Gasteiger partial charge in [-0.05, 0) is 26.2 Å². The van der Waals surface area contributed by atoms with E-state index >= 15 is 0 Å². The minimum Gasteiger partial charge on any atom is -0.357 e. The number of hydrogen-bond donors (Lipinski definition) is 3. The van der Waals surface area contributed by atoms with E-state index in [1.165, 1.54) is 19.3 Å². The van der Waals surface area contributed by atoms with Crippen LogP contribution in [0.2, 0.25) is 0 Å². The Hall–Kier alpha value is -1.06. The molecule has 0 radical (unpaired) electrons. The molecular formula is C19H36IN5O2. The molecule has 156 valence electrons. The number of carbonyl (C=O) groups is 2. The lowest BCUT2D eigenvalue weighted by Crippen LogP contribution is -2.46. The molecule has 2 amide bonds. The number of likely N-dealkylation sites (tertiary alicyclic amines) is 1. The van der Waals surface area contributed by atoms with E-state index < -0.39 is 0 Å². The van der Waals surface area contributed by atoms with Crippen molar-refractivity contribution >= 4 is 41.8 Å². The van der Waals surface area contributed by atoms with Crippen molar-refractivity contribution in [2.75, 3.05) is 26.2 Å². The predicted molar refractivity (Wildman–Crippen MR) is 119 cm³/mol. The first-order valence-corrected chi connectivity index (χ1v) is 10.1. The van der Waals surface area contributed by atoms with Crippen LogP contribution >= 0.6 is 24.0 Å². The number of halogens is 1. The summed E-state index contributed by atoms with van der Waals surface area (Å²) in [4.78, 5) is 30.6. The zero-order chi connectivity index (χ0) is 18.9. The van der Waals surface area contributed by atoms with E-state index in [0.717, 1.165) is 32.4 Å². The minimum absolute atomic E-state index is 0. The van der Waals surface area contributed by atoms with E-state index in [1.807, 2.05) is 25.7 Å². The quantitative estimate of drug-likeness (QED) is 0.300. The molecule has 1 saturated carbocycles. The Morgan fingerprint density at radius 1 is 1.07 bits per heavy atom. The number of carbonyl (C=O) groups excluding carboxylic acids is 2. The molecule has 1 heterocycles. The fourth-order valence-corrected chi connectivity index (χ4v) is 3.63. The molecule has 0 bridgehead atoms. The lowest BCUT2D eigenvalue weighted by molar-refractivity contribution is -0.133. The summed E-state index contributed by atoms with van der Waals surface area (Å²) in [6.07, 6.45) is 6.73. The summed E-state index contributed by atoms with van der Waals surface area (Å²) in [6.45, 7) is 8.19. The van der Waals surface area contributed by atoms with Gasteiger partial charge in [-0.3, -0.25) is 9.59 Å². The van der Waals surface area contributed by atoms with Crippen LogP contribution in [0, 0.1) is 5.92 Å². The zero-order valence-corrected chi connectivity index (χ0v) is 19.3. The monoisotopic (exact) mass is 493 g/mol. The Morgan fingerprint density at radius 2 is 1.78 bits per heavy atom. The summed E-state index contributed by atoms with van der Waals surface area (Å²) in [5.41, 5.74) is 0. The molecule has 1 aliphatic carbocycles. The average molecular weight is 493 g/mol. The van der Waals surface area contributed by atoms with Crippen LogP contribution in [-0.4, -0.2) is 60.9 Å². The lowest BCUT2D eigenvalue weighted by Gasteiger charge is -2.22. The molecule has 3 N–H and O–H groups in total. The number of nitrogens with one attached hydrogen (secondary N) is 3. The molecular weight excluding hydrogens is 457 g/mol. The smallest absolute Gasteiger partial charge is 0.242 e. The van der Waals surface area contributed by atoms with Crippen molar-refractivity contribution in [2.24, 2.45) is 10.9 Å². The molecule has 0 aromatic rings. The van der Waals surface area contributed by atoms with Crippen molar-refractivity contribution in [1.82, 2.24) is 20.9 Å². The van der Waals surface area contributed by atoms with Gasteiger partial charge < -0.3 is 20.9 Å². The molecule has 1 aliphatic heterocycles. The fraction of sp³-hybridized carbons (Fsp3) is 0.842. The first kappa shape index (κ1) is 24.0. The second-order valence-corrected chi connectivity index (χ2v) is 7.67. The molecule has 2 fully saturated rings. The number of guanidine groups is 1.